The van der Waals surface area contributed by atoms with Gasteiger partial charge < -0.3 is 20.1 Å². The molecule has 0 fully saturated rings. The van der Waals surface area contributed by atoms with E-state index in [0.29, 0.717) is 40.0 Å². The van der Waals surface area contributed by atoms with Crippen LogP contribution in [0.1, 0.15) is 17.3 Å². The Hall–Kier alpha value is -4.30. The van der Waals surface area contributed by atoms with Crippen molar-refractivity contribution in [1.82, 2.24) is 15.1 Å². The SMILES string of the molecule is CCNC(=O)c1ccc(Nc2c(Oc3ccc(Cl)cc3)cnn(-c3ccc(OC)cc3)c2=O)cc1. The molecule has 4 rings (SSSR count). The third-order valence-corrected chi connectivity index (χ3v) is 5.31. The summed E-state index contributed by atoms with van der Waals surface area (Å²) in [6.45, 7) is 2.39. The van der Waals surface area contributed by atoms with Gasteiger partial charge in [0.2, 0.25) is 0 Å². The fraction of sp³-hybridized carbons (Fsp3) is 0.115. The Labute approximate surface area is 207 Å². The molecule has 0 saturated carbocycles. The summed E-state index contributed by atoms with van der Waals surface area (Å²) < 4.78 is 12.4. The van der Waals surface area contributed by atoms with Gasteiger partial charge in [-0.3, -0.25) is 9.59 Å². The lowest BCUT2D eigenvalue weighted by atomic mass is 10.2. The fourth-order valence-corrected chi connectivity index (χ4v) is 3.41. The molecule has 0 aliphatic carbocycles. The van der Waals surface area contributed by atoms with Crippen molar-refractivity contribution in [1.29, 1.82) is 0 Å². The van der Waals surface area contributed by atoms with E-state index < -0.39 is 5.56 Å². The van der Waals surface area contributed by atoms with Gasteiger partial charge in [-0.1, -0.05) is 11.6 Å². The molecular formula is C26H23ClN4O4. The molecule has 9 heteroatoms. The minimum atomic E-state index is -0.422. The summed E-state index contributed by atoms with van der Waals surface area (Å²) in [6.07, 6.45) is 1.46. The van der Waals surface area contributed by atoms with Crippen molar-refractivity contribution in [2.24, 2.45) is 0 Å². The molecule has 2 N–H and O–H groups in total. The van der Waals surface area contributed by atoms with Crippen LogP contribution in [0.5, 0.6) is 17.2 Å². The number of nitrogens with zero attached hydrogens (tertiary/aromatic N) is 2. The molecule has 178 valence electrons. The summed E-state index contributed by atoms with van der Waals surface area (Å²) in [5.41, 5.74) is 1.43. The van der Waals surface area contributed by atoms with Gasteiger partial charge in [0, 0.05) is 22.8 Å². The van der Waals surface area contributed by atoms with Crippen LogP contribution in [0.4, 0.5) is 11.4 Å². The van der Waals surface area contributed by atoms with Crippen molar-refractivity contribution in [3.8, 4) is 22.9 Å². The lowest BCUT2D eigenvalue weighted by Crippen LogP contribution is -2.24. The minimum Gasteiger partial charge on any atom is -0.497 e. The van der Waals surface area contributed by atoms with Gasteiger partial charge in [0.15, 0.2) is 11.4 Å². The third kappa shape index (κ3) is 5.62. The maximum Gasteiger partial charge on any atom is 0.299 e. The van der Waals surface area contributed by atoms with Crippen molar-refractivity contribution < 1.29 is 14.3 Å². The fourth-order valence-electron chi connectivity index (χ4n) is 3.28. The highest BCUT2D eigenvalue weighted by Gasteiger charge is 2.16. The van der Waals surface area contributed by atoms with E-state index >= 15 is 0 Å². The number of hydrogen-bond donors (Lipinski definition) is 2. The van der Waals surface area contributed by atoms with E-state index in [1.165, 1.54) is 10.9 Å². The first kappa shape index (κ1) is 23.8. The van der Waals surface area contributed by atoms with Crippen molar-refractivity contribution in [3.05, 3.63) is 99.9 Å². The molecule has 0 bridgehead atoms. The number of hydrogen-bond acceptors (Lipinski definition) is 6. The highest BCUT2D eigenvalue weighted by atomic mass is 35.5. The van der Waals surface area contributed by atoms with Crippen LogP contribution in [0.25, 0.3) is 5.69 Å². The molecule has 1 aromatic heterocycles. The Morgan fingerprint density at radius 1 is 0.971 bits per heavy atom. The first-order valence-electron chi connectivity index (χ1n) is 10.8. The van der Waals surface area contributed by atoms with Crippen molar-refractivity contribution in [3.63, 3.8) is 0 Å². The van der Waals surface area contributed by atoms with Crippen LogP contribution in [0.3, 0.4) is 0 Å². The number of carbonyl (C=O) groups excluding carboxylic acids is 1. The lowest BCUT2D eigenvalue weighted by Gasteiger charge is -2.15. The van der Waals surface area contributed by atoms with Gasteiger partial charge >= 0.3 is 0 Å². The second-order valence-electron chi connectivity index (χ2n) is 7.42. The summed E-state index contributed by atoms with van der Waals surface area (Å²) in [7, 11) is 1.57. The molecule has 1 amide bonds. The van der Waals surface area contributed by atoms with Crippen LogP contribution in [-0.4, -0.2) is 29.3 Å². The van der Waals surface area contributed by atoms with Gasteiger partial charge in [0.1, 0.15) is 11.5 Å². The number of benzene rings is 3. The molecule has 0 spiro atoms. The first-order valence-corrected chi connectivity index (χ1v) is 11.2. The number of halogens is 1. The van der Waals surface area contributed by atoms with Crippen LogP contribution in [0.2, 0.25) is 5.02 Å². The largest absolute Gasteiger partial charge is 0.497 e. The van der Waals surface area contributed by atoms with Crippen molar-refractivity contribution in [2.45, 2.75) is 6.92 Å². The minimum absolute atomic E-state index is 0.170. The smallest absolute Gasteiger partial charge is 0.299 e. The molecule has 4 aromatic rings. The molecule has 3 aromatic carbocycles. The normalized spacial score (nSPS) is 10.5. The number of aromatic nitrogens is 2. The molecular weight excluding hydrogens is 468 g/mol. The number of nitrogens with one attached hydrogen (secondary N) is 2. The van der Waals surface area contributed by atoms with Crippen molar-refractivity contribution in [2.75, 3.05) is 19.0 Å². The number of ether oxygens (including phenoxy) is 2. The first-order chi connectivity index (χ1) is 17.0. The van der Waals surface area contributed by atoms with Crippen LogP contribution >= 0.6 is 11.6 Å². The predicted octanol–water partition coefficient (Wildman–Crippen LogP) is 5.18. The van der Waals surface area contributed by atoms with E-state index in [9.17, 15) is 9.59 Å². The molecule has 0 aliphatic heterocycles. The second-order valence-corrected chi connectivity index (χ2v) is 7.85. The van der Waals surface area contributed by atoms with Crippen LogP contribution in [-0.2, 0) is 0 Å². The number of methoxy groups -OCH3 is 1. The Morgan fingerprint density at radius 3 is 2.26 bits per heavy atom. The van der Waals surface area contributed by atoms with E-state index in [4.69, 9.17) is 21.1 Å². The second kappa shape index (κ2) is 10.8. The monoisotopic (exact) mass is 490 g/mol. The van der Waals surface area contributed by atoms with Crippen LogP contribution in [0, 0.1) is 0 Å². The Balaban J connectivity index is 1.72. The highest BCUT2D eigenvalue weighted by Crippen LogP contribution is 2.29. The van der Waals surface area contributed by atoms with Gasteiger partial charge in [0.05, 0.1) is 19.0 Å². The molecule has 35 heavy (non-hydrogen) atoms. The van der Waals surface area contributed by atoms with Gasteiger partial charge in [-0.25, -0.2) is 0 Å². The zero-order valence-corrected chi connectivity index (χ0v) is 19.9. The van der Waals surface area contributed by atoms with Crippen molar-refractivity contribution >= 4 is 28.9 Å². The van der Waals surface area contributed by atoms with Crippen LogP contribution in [0.15, 0.2) is 83.8 Å². The molecule has 0 radical (unpaired) electrons. The van der Waals surface area contributed by atoms with Gasteiger partial charge in [-0.15, -0.1) is 0 Å². The maximum absolute atomic E-state index is 13.5. The Kier molecular flexibility index (Phi) is 7.32. The molecule has 0 atom stereocenters. The summed E-state index contributed by atoms with van der Waals surface area (Å²) in [5, 5.41) is 10.7. The average molecular weight is 491 g/mol. The number of carbonyl (C=O) groups is 1. The lowest BCUT2D eigenvalue weighted by molar-refractivity contribution is 0.0956. The van der Waals surface area contributed by atoms with Gasteiger partial charge in [0.25, 0.3) is 11.5 Å². The maximum atomic E-state index is 13.5. The quantitative estimate of drug-likeness (QED) is 0.353. The summed E-state index contributed by atoms with van der Waals surface area (Å²) in [4.78, 5) is 25.6. The predicted molar refractivity (Wildman–Crippen MR) is 136 cm³/mol. The highest BCUT2D eigenvalue weighted by molar-refractivity contribution is 6.30. The summed E-state index contributed by atoms with van der Waals surface area (Å²) in [5.74, 6) is 1.22. The van der Waals surface area contributed by atoms with E-state index in [0.717, 1.165) is 0 Å². The number of amides is 1. The molecule has 0 aliphatic rings. The molecule has 8 nitrogen and oxygen atoms in total. The summed E-state index contributed by atoms with van der Waals surface area (Å²) in [6, 6.07) is 20.5. The third-order valence-electron chi connectivity index (χ3n) is 5.06. The summed E-state index contributed by atoms with van der Waals surface area (Å²) >= 11 is 5.97. The van der Waals surface area contributed by atoms with E-state index in [-0.39, 0.29) is 17.3 Å². The van der Waals surface area contributed by atoms with Crippen LogP contribution < -0.4 is 25.7 Å². The number of anilines is 2. The molecule has 0 saturated heterocycles. The molecule has 1 heterocycles. The zero-order chi connectivity index (χ0) is 24.8. The topological polar surface area (TPSA) is 94.5 Å². The average Bonchev–Trinajstić information content (AvgIpc) is 2.88. The van der Waals surface area contributed by atoms with E-state index in [1.54, 1.807) is 79.9 Å². The Bertz CT molecular complexity index is 1370. The molecule has 0 unspecified atom stereocenters. The van der Waals surface area contributed by atoms with Gasteiger partial charge in [-0.05, 0) is 79.7 Å². The van der Waals surface area contributed by atoms with Gasteiger partial charge in [-0.2, -0.15) is 9.78 Å². The standard InChI is InChI=1S/C26H23ClN4O4/c1-3-28-25(32)17-4-8-19(9-5-17)30-24-23(35-22-12-6-18(27)7-13-22)16-29-31(26(24)33)20-10-14-21(34-2)15-11-20/h4-16,30H,3H2,1-2H3,(H,28,32). The Morgan fingerprint density at radius 2 is 1.63 bits per heavy atom. The van der Waals surface area contributed by atoms with E-state index in [1.807, 2.05) is 6.92 Å². The van der Waals surface area contributed by atoms with E-state index in [2.05, 4.69) is 15.7 Å². The zero-order valence-electron chi connectivity index (χ0n) is 19.1. The number of rotatable bonds is 8.